The van der Waals surface area contributed by atoms with Crippen molar-refractivity contribution < 1.29 is 4.92 Å². The molecule has 52 valence electrons. The maximum atomic E-state index is 9.89. The van der Waals surface area contributed by atoms with Gasteiger partial charge in [0.1, 0.15) is 0 Å². The number of nitroso groups, excluding NO2 is 1. The molecule has 1 aromatic rings. The highest BCUT2D eigenvalue weighted by atomic mass is 16.6. The van der Waals surface area contributed by atoms with Crippen molar-refractivity contribution in [2.24, 2.45) is 5.29 Å². The maximum Gasteiger partial charge on any atom is 0.507 e. The first-order valence-electron chi connectivity index (χ1n) is 2.02. The van der Waals surface area contributed by atoms with Crippen LogP contribution in [-0.4, -0.2) is 25.2 Å². The van der Waals surface area contributed by atoms with Crippen molar-refractivity contribution >= 4 is 5.95 Å². The van der Waals surface area contributed by atoms with E-state index in [1.165, 1.54) is 0 Å². The fourth-order valence-electron chi connectivity index (χ4n) is 0.340. The fraction of sp³-hybridized carbons (Fsp3) is 0. The first-order valence-corrected chi connectivity index (χ1v) is 2.02. The van der Waals surface area contributed by atoms with Crippen LogP contribution >= 0.6 is 0 Å². The maximum absolute atomic E-state index is 9.89. The van der Waals surface area contributed by atoms with Crippen LogP contribution < -0.4 is 0 Å². The van der Waals surface area contributed by atoms with Crippen molar-refractivity contribution in [2.45, 2.75) is 0 Å². The summed E-state index contributed by atoms with van der Waals surface area (Å²) in [4.78, 5) is 18.8. The van der Waals surface area contributed by atoms with E-state index in [0.29, 0.717) is 0 Å². The third kappa shape index (κ3) is 0.788. The van der Waals surface area contributed by atoms with Crippen LogP contribution in [0.5, 0.6) is 0 Å². The van der Waals surface area contributed by atoms with Gasteiger partial charge in [-0.05, 0) is 4.92 Å². The van der Waals surface area contributed by atoms with E-state index >= 15 is 0 Å². The van der Waals surface area contributed by atoms with Crippen LogP contribution in [0.2, 0.25) is 0 Å². The van der Waals surface area contributed by atoms with Gasteiger partial charge in [-0.3, -0.25) is 0 Å². The van der Waals surface area contributed by atoms with E-state index < -0.39 is 10.9 Å². The normalized spacial score (nSPS) is 9.20. The molecule has 1 aromatic heterocycles. The Bertz CT molecular complexity index is 264. The Morgan fingerprint density at radius 1 is 1.70 bits per heavy atom. The molecule has 0 aromatic carbocycles. The van der Waals surface area contributed by atoms with Crippen molar-refractivity contribution in [3.8, 4) is 0 Å². The highest BCUT2D eigenvalue weighted by Gasteiger charge is 2.18. The van der Waals surface area contributed by atoms with E-state index in [2.05, 4.69) is 20.8 Å². The third-order valence-corrected chi connectivity index (χ3v) is 0.678. The van der Waals surface area contributed by atoms with E-state index in [1.54, 1.807) is 0 Å². The van der Waals surface area contributed by atoms with Gasteiger partial charge < -0.3 is 10.1 Å². The molecule has 0 unspecified atom stereocenters. The number of aromatic nitrogens is 4. The summed E-state index contributed by atoms with van der Waals surface area (Å²) in [5, 5.41) is 20.7. The second kappa shape index (κ2) is 2.13. The summed E-state index contributed by atoms with van der Waals surface area (Å²) in [5.41, 5.74) is 0. The second-order valence-electron chi connectivity index (χ2n) is 1.21. The zero-order valence-electron chi connectivity index (χ0n) is 4.41. The molecule has 1 rings (SSSR count). The second-order valence-corrected chi connectivity index (χ2v) is 1.21. The Balaban J connectivity index is 3.13. The predicted octanol–water partition coefficient (Wildman–Crippen LogP) is -0.889. The minimum atomic E-state index is -0.915. The largest absolute Gasteiger partial charge is 0.507 e. The van der Waals surface area contributed by atoms with Crippen LogP contribution in [0.25, 0.3) is 0 Å². The number of hydrogen-bond acceptors (Lipinski definition) is 7. The van der Waals surface area contributed by atoms with Crippen LogP contribution in [-0.2, 0) is 0 Å². The fourth-order valence-corrected chi connectivity index (χ4v) is 0.340. The van der Waals surface area contributed by atoms with E-state index in [-0.39, 0.29) is 4.79 Å². The summed E-state index contributed by atoms with van der Waals surface area (Å²) in [6.07, 6.45) is 0. The molecular weight excluding hydrogens is 144 g/mol. The number of tetrazole rings is 1. The number of nitrogens with zero attached hydrogens (tertiary/aromatic N) is 6. The SMILES string of the molecule is O=Nn1nnnc1[N+](=O)[O-]. The molecule has 0 aliphatic carbocycles. The van der Waals surface area contributed by atoms with Gasteiger partial charge in [-0.1, -0.05) is 0 Å². The van der Waals surface area contributed by atoms with E-state index in [9.17, 15) is 15.0 Å². The van der Waals surface area contributed by atoms with E-state index in [1.807, 2.05) is 0 Å². The number of hydrogen-bond donors (Lipinski definition) is 0. The molecule has 0 atom stereocenters. The predicted molar refractivity (Wildman–Crippen MR) is 25.7 cm³/mol. The van der Waals surface area contributed by atoms with Crippen LogP contribution in [0.1, 0.15) is 0 Å². The summed E-state index contributed by atoms with van der Waals surface area (Å²) in [7, 11) is 0. The van der Waals surface area contributed by atoms with Gasteiger partial charge >= 0.3 is 5.95 Å². The number of rotatable bonds is 2. The standard InChI is InChI=1S/CN6O3/c8-5-6-1(7(9)10)2-3-4-6. The summed E-state index contributed by atoms with van der Waals surface area (Å²) >= 11 is 0. The Labute approximate surface area is 52.7 Å². The lowest BCUT2D eigenvalue weighted by molar-refractivity contribution is -0.397. The molecule has 0 spiro atoms. The Morgan fingerprint density at radius 3 is 2.80 bits per heavy atom. The molecule has 0 aliphatic rings. The molecule has 0 N–H and O–H groups in total. The average Bonchev–Trinajstić information content (AvgIpc) is 2.33. The van der Waals surface area contributed by atoms with Gasteiger partial charge in [-0.15, -0.1) is 4.91 Å². The van der Waals surface area contributed by atoms with Gasteiger partial charge in [0.15, 0.2) is 5.29 Å². The molecule has 0 aliphatic heterocycles. The molecule has 0 saturated carbocycles. The third-order valence-electron chi connectivity index (χ3n) is 0.678. The minimum Gasteiger partial charge on any atom is -0.390 e. The molecule has 10 heavy (non-hydrogen) atoms. The van der Waals surface area contributed by atoms with Crippen LogP contribution in [0.3, 0.4) is 0 Å². The van der Waals surface area contributed by atoms with Gasteiger partial charge in [-0.25, -0.2) is 0 Å². The van der Waals surface area contributed by atoms with Crippen molar-refractivity contribution in [3.05, 3.63) is 15.0 Å². The number of nitro groups is 1. The van der Waals surface area contributed by atoms with Crippen molar-refractivity contribution in [1.82, 2.24) is 20.3 Å². The summed E-state index contributed by atoms with van der Waals surface area (Å²) in [5.74, 6) is -0.796. The van der Waals surface area contributed by atoms with Crippen LogP contribution in [0.15, 0.2) is 5.29 Å². The molecule has 0 amide bonds. The Kier molecular flexibility index (Phi) is 1.32. The molecule has 0 bridgehead atoms. The molecule has 0 saturated heterocycles. The molecule has 0 fully saturated rings. The molecular formula is CN6O3. The van der Waals surface area contributed by atoms with Gasteiger partial charge in [0.2, 0.25) is 0 Å². The minimum absolute atomic E-state index is 0.181. The summed E-state index contributed by atoms with van der Waals surface area (Å²) in [6, 6.07) is 0. The molecule has 9 nitrogen and oxygen atoms in total. The van der Waals surface area contributed by atoms with Crippen molar-refractivity contribution in [2.75, 3.05) is 0 Å². The lowest BCUT2D eigenvalue weighted by Gasteiger charge is -1.84. The van der Waals surface area contributed by atoms with Crippen molar-refractivity contribution in [3.63, 3.8) is 0 Å². The van der Waals surface area contributed by atoms with Gasteiger partial charge in [0, 0.05) is 0 Å². The Morgan fingerprint density at radius 2 is 2.40 bits per heavy atom. The smallest absolute Gasteiger partial charge is 0.390 e. The van der Waals surface area contributed by atoms with Crippen LogP contribution in [0.4, 0.5) is 5.95 Å². The highest BCUT2D eigenvalue weighted by Crippen LogP contribution is 2.00. The van der Waals surface area contributed by atoms with Crippen LogP contribution in [0, 0.1) is 15.0 Å². The van der Waals surface area contributed by atoms with Gasteiger partial charge in [0.05, 0.1) is 20.3 Å². The molecule has 0 radical (unpaired) electrons. The lowest BCUT2D eigenvalue weighted by Crippen LogP contribution is -1.98. The van der Waals surface area contributed by atoms with E-state index in [4.69, 9.17) is 0 Å². The van der Waals surface area contributed by atoms with Crippen molar-refractivity contribution in [1.29, 1.82) is 0 Å². The summed E-state index contributed by atoms with van der Waals surface area (Å²) in [6.45, 7) is 0. The van der Waals surface area contributed by atoms with E-state index in [0.717, 1.165) is 0 Å². The van der Waals surface area contributed by atoms with Gasteiger partial charge in [0.25, 0.3) is 0 Å². The lowest BCUT2D eigenvalue weighted by atomic mass is 11.1. The quantitative estimate of drug-likeness (QED) is 0.302. The summed E-state index contributed by atoms with van der Waals surface area (Å²) < 4.78 is 0. The molecule has 9 heteroatoms. The molecule has 1 heterocycles. The monoisotopic (exact) mass is 144 g/mol. The highest BCUT2D eigenvalue weighted by molar-refractivity contribution is 4.95. The zero-order chi connectivity index (χ0) is 7.56. The first kappa shape index (κ1) is 6.19. The Hall–Kier alpha value is -1.93. The first-order chi connectivity index (χ1) is 4.75. The zero-order valence-corrected chi connectivity index (χ0v) is 4.41. The average molecular weight is 144 g/mol. The van der Waals surface area contributed by atoms with Gasteiger partial charge in [-0.2, -0.15) is 0 Å². The topological polar surface area (TPSA) is 116 Å².